The molecule has 0 bridgehead atoms. The van der Waals surface area contributed by atoms with Gasteiger partial charge in [0.1, 0.15) is 0 Å². The summed E-state index contributed by atoms with van der Waals surface area (Å²) in [5.74, 6) is -1.98. The molecular formula is C21H22N2O4. The van der Waals surface area contributed by atoms with Crippen LogP contribution in [-0.2, 0) is 22.4 Å². The molecule has 6 heteroatoms. The van der Waals surface area contributed by atoms with Crippen molar-refractivity contribution in [2.24, 2.45) is 0 Å². The van der Waals surface area contributed by atoms with Crippen molar-refractivity contribution < 1.29 is 19.5 Å². The lowest BCUT2D eigenvalue weighted by atomic mass is 10.0. The minimum absolute atomic E-state index is 0.228. The van der Waals surface area contributed by atoms with Gasteiger partial charge in [-0.2, -0.15) is 0 Å². The van der Waals surface area contributed by atoms with Gasteiger partial charge in [0.15, 0.2) is 0 Å². The average molecular weight is 366 g/mol. The Balaban J connectivity index is 2.10. The minimum Gasteiger partial charge on any atom is -0.478 e. The van der Waals surface area contributed by atoms with Crippen LogP contribution in [0, 0.1) is 0 Å². The number of nitrogens with one attached hydrogen (secondary N) is 2. The van der Waals surface area contributed by atoms with Crippen LogP contribution in [0.15, 0.2) is 54.6 Å². The fourth-order valence-electron chi connectivity index (χ4n) is 2.62. The molecule has 0 radical (unpaired) electrons. The number of carboxylic acids is 1. The standard InChI is InChI=1S/C21H22N2O4/c1-3-14-6-5-7-15(4-2)20(14)23-21(27)16-8-10-17(11-9-16)22-18(24)12-13-19(25)26/h5-13H,3-4H2,1-2H3,(H,22,24)(H,23,27)(H,25,26)/b13-12-. The average Bonchev–Trinajstić information content (AvgIpc) is 2.67. The number of hydrogen-bond donors (Lipinski definition) is 3. The van der Waals surface area contributed by atoms with E-state index >= 15 is 0 Å². The summed E-state index contributed by atoms with van der Waals surface area (Å²) < 4.78 is 0. The molecule has 2 aromatic carbocycles. The lowest BCUT2D eigenvalue weighted by molar-refractivity contribution is -0.131. The Hall–Kier alpha value is -3.41. The molecule has 0 aliphatic rings. The highest BCUT2D eigenvalue weighted by Crippen LogP contribution is 2.23. The van der Waals surface area contributed by atoms with Crippen LogP contribution in [0.25, 0.3) is 0 Å². The largest absolute Gasteiger partial charge is 0.478 e. The van der Waals surface area contributed by atoms with Crippen LogP contribution in [0.5, 0.6) is 0 Å². The zero-order valence-corrected chi connectivity index (χ0v) is 15.3. The van der Waals surface area contributed by atoms with Crippen molar-refractivity contribution in [2.75, 3.05) is 10.6 Å². The van der Waals surface area contributed by atoms with Crippen molar-refractivity contribution in [2.45, 2.75) is 26.7 Å². The number of aliphatic carboxylic acids is 1. The lowest BCUT2D eigenvalue weighted by Gasteiger charge is -2.14. The maximum Gasteiger partial charge on any atom is 0.328 e. The number of aryl methyl sites for hydroxylation is 2. The highest BCUT2D eigenvalue weighted by molar-refractivity contribution is 6.06. The van der Waals surface area contributed by atoms with Crippen molar-refractivity contribution in [3.05, 3.63) is 71.3 Å². The van der Waals surface area contributed by atoms with Gasteiger partial charge in [0.05, 0.1) is 0 Å². The van der Waals surface area contributed by atoms with Crippen molar-refractivity contribution >= 4 is 29.2 Å². The Bertz CT molecular complexity index is 848. The Morgan fingerprint density at radius 2 is 1.48 bits per heavy atom. The van der Waals surface area contributed by atoms with Gasteiger partial charge in [-0.05, 0) is 48.2 Å². The summed E-state index contributed by atoms with van der Waals surface area (Å²) in [6.07, 6.45) is 3.32. The van der Waals surface area contributed by atoms with Crippen molar-refractivity contribution in [1.29, 1.82) is 0 Å². The fraction of sp³-hybridized carbons (Fsp3) is 0.190. The van der Waals surface area contributed by atoms with Gasteiger partial charge < -0.3 is 15.7 Å². The van der Waals surface area contributed by atoms with E-state index in [1.165, 1.54) is 0 Å². The molecule has 0 aliphatic heterocycles. The van der Waals surface area contributed by atoms with Gasteiger partial charge in [-0.1, -0.05) is 32.0 Å². The number of carbonyl (C=O) groups excluding carboxylic acids is 2. The number of carboxylic acid groups (broad SMARTS) is 1. The number of carbonyl (C=O) groups is 3. The van der Waals surface area contributed by atoms with Crippen LogP contribution in [0.2, 0.25) is 0 Å². The fourth-order valence-corrected chi connectivity index (χ4v) is 2.62. The molecule has 0 spiro atoms. The molecule has 6 nitrogen and oxygen atoms in total. The zero-order chi connectivity index (χ0) is 19.8. The monoisotopic (exact) mass is 366 g/mol. The van der Waals surface area contributed by atoms with Gasteiger partial charge in [-0.15, -0.1) is 0 Å². The number of anilines is 2. The number of hydrogen-bond acceptors (Lipinski definition) is 3. The first-order valence-corrected chi connectivity index (χ1v) is 8.68. The summed E-state index contributed by atoms with van der Waals surface area (Å²) >= 11 is 0. The molecule has 2 rings (SSSR count). The molecule has 0 unspecified atom stereocenters. The number of benzene rings is 2. The van der Waals surface area contributed by atoms with E-state index in [1.54, 1.807) is 24.3 Å². The number of para-hydroxylation sites is 1. The second-order valence-electron chi connectivity index (χ2n) is 5.85. The Morgan fingerprint density at radius 1 is 0.889 bits per heavy atom. The van der Waals surface area contributed by atoms with Gasteiger partial charge >= 0.3 is 5.97 Å². The Kier molecular flexibility index (Phi) is 6.88. The summed E-state index contributed by atoms with van der Waals surface area (Å²) in [6.45, 7) is 4.08. The van der Waals surface area contributed by atoms with Gasteiger partial charge in [0.2, 0.25) is 5.91 Å². The molecule has 3 N–H and O–H groups in total. The second kappa shape index (κ2) is 9.33. The molecule has 0 saturated carbocycles. The predicted octanol–water partition coefficient (Wildman–Crippen LogP) is 3.64. The predicted molar refractivity (Wildman–Crippen MR) is 105 cm³/mol. The SMILES string of the molecule is CCc1cccc(CC)c1NC(=O)c1ccc(NC(=O)/C=C\C(=O)O)cc1. The van der Waals surface area contributed by atoms with E-state index in [0.29, 0.717) is 11.3 Å². The highest BCUT2D eigenvalue weighted by Gasteiger charge is 2.12. The summed E-state index contributed by atoms with van der Waals surface area (Å²) in [5.41, 5.74) is 3.94. The van der Waals surface area contributed by atoms with E-state index in [2.05, 4.69) is 10.6 Å². The van der Waals surface area contributed by atoms with Crippen LogP contribution >= 0.6 is 0 Å². The van der Waals surface area contributed by atoms with E-state index in [9.17, 15) is 14.4 Å². The smallest absolute Gasteiger partial charge is 0.328 e. The first-order valence-electron chi connectivity index (χ1n) is 8.68. The first kappa shape index (κ1) is 19.9. The molecule has 27 heavy (non-hydrogen) atoms. The molecular weight excluding hydrogens is 344 g/mol. The van der Waals surface area contributed by atoms with E-state index in [-0.39, 0.29) is 5.91 Å². The van der Waals surface area contributed by atoms with Crippen LogP contribution < -0.4 is 10.6 Å². The topological polar surface area (TPSA) is 95.5 Å². The maximum absolute atomic E-state index is 12.6. The molecule has 2 amide bonds. The van der Waals surface area contributed by atoms with Crippen molar-refractivity contribution in [3.63, 3.8) is 0 Å². The molecule has 0 fully saturated rings. The molecule has 0 aliphatic carbocycles. The van der Waals surface area contributed by atoms with Crippen molar-refractivity contribution in [1.82, 2.24) is 0 Å². The van der Waals surface area contributed by atoms with Crippen LogP contribution in [0.4, 0.5) is 11.4 Å². The molecule has 2 aromatic rings. The highest BCUT2D eigenvalue weighted by atomic mass is 16.4. The quantitative estimate of drug-likeness (QED) is 0.652. The van der Waals surface area contributed by atoms with Crippen LogP contribution in [-0.4, -0.2) is 22.9 Å². The molecule has 0 aromatic heterocycles. The number of rotatable bonds is 7. The van der Waals surface area contributed by atoms with Crippen LogP contribution in [0.1, 0.15) is 35.3 Å². The minimum atomic E-state index is -1.20. The first-order chi connectivity index (χ1) is 12.9. The third kappa shape index (κ3) is 5.54. The van der Waals surface area contributed by atoms with Gasteiger partial charge in [0, 0.05) is 29.1 Å². The van der Waals surface area contributed by atoms with E-state index in [1.807, 2.05) is 32.0 Å². The lowest BCUT2D eigenvalue weighted by Crippen LogP contribution is -2.15. The van der Waals surface area contributed by atoms with Gasteiger partial charge in [0.25, 0.3) is 5.91 Å². The molecule has 0 heterocycles. The Labute approximate surface area is 157 Å². The van der Waals surface area contributed by atoms with Gasteiger partial charge in [-0.3, -0.25) is 9.59 Å². The number of amides is 2. The van der Waals surface area contributed by atoms with Gasteiger partial charge in [-0.25, -0.2) is 4.79 Å². The maximum atomic E-state index is 12.6. The van der Waals surface area contributed by atoms with Crippen LogP contribution in [0.3, 0.4) is 0 Å². The Morgan fingerprint density at radius 3 is 2.00 bits per heavy atom. The summed E-state index contributed by atoms with van der Waals surface area (Å²) in [6, 6.07) is 12.4. The summed E-state index contributed by atoms with van der Waals surface area (Å²) in [7, 11) is 0. The second-order valence-corrected chi connectivity index (χ2v) is 5.85. The van der Waals surface area contributed by atoms with E-state index in [0.717, 1.165) is 41.8 Å². The normalized spacial score (nSPS) is 10.6. The molecule has 0 atom stereocenters. The van der Waals surface area contributed by atoms with Crippen molar-refractivity contribution in [3.8, 4) is 0 Å². The van der Waals surface area contributed by atoms with E-state index in [4.69, 9.17) is 5.11 Å². The third-order valence-electron chi connectivity index (χ3n) is 4.03. The molecule has 140 valence electrons. The zero-order valence-electron chi connectivity index (χ0n) is 15.3. The van der Waals surface area contributed by atoms with E-state index < -0.39 is 11.9 Å². The third-order valence-corrected chi connectivity index (χ3v) is 4.03. The summed E-state index contributed by atoms with van der Waals surface area (Å²) in [5, 5.41) is 14.0. The molecule has 0 saturated heterocycles. The summed E-state index contributed by atoms with van der Waals surface area (Å²) in [4.78, 5) is 34.6.